The molecule has 2 unspecified atom stereocenters. The molecule has 7 heteroatoms. The molecule has 1 aliphatic rings. The lowest BCUT2D eigenvalue weighted by molar-refractivity contribution is -0.391. The van der Waals surface area contributed by atoms with E-state index in [4.69, 9.17) is 0 Å². The molecule has 1 amide bonds. The fourth-order valence-electron chi connectivity index (χ4n) is 2.63. The van der Waals surface area contributed by atoms with Gasteiger partial charge in [-0.25, -0.2) is 4.57 Å². The topological polar surface area (TPSA) is 71.6 Å². The Morgan fingerprint density at radius 2 is 1.90 bits per heavy atom. The Hall–Kier alpha value is -1.89. The van der Waals surface area contributed by atoms with E-state index < -0.39 is 4.92 Å². The lowest BCUT2D eigenvalue weighted by Gasteiger charge is -2.42. The molecule has 1 aromatic rings. The molecule has 110 valence electrons. The Kier molecular flexibility index (Phi) is 3.80. The number of rotatable bonds is 2. The fourth-order valence-corrected chi connectivity index (χ4v) is 2.63. The molecule has 0 aromatic carbocycles. The van der Waals surface area contributed by atoms with Gasteiger partial charge in [0, 0.05) is 31.2 Å². The number of amides is 1. The van der Waals surface area contributed by atoms with Crippen molar-refractivity contribution in [2.75, 3.05) is 20.1 Å². The molecule has 0 saturated carbocycles. The van der Waals surface area contributed by atoms with Gasteiger partial charge in [0.15, 0.2) is 5.69 Å². The summed E-state index contributed by atoms with van der Waals surface area (Å²) < 4.78 is 1.35. The Balaban J connectivity index is 2.25. The van der Waals surface area contributed by atoms with Crippen molar-refractivity contribution in [2.45, 2.75) is 25.9 Å². The minimum atomic E-state index is -0.479. The number of nitro groups is 1. The minimum absolute atomic E-state index is 0.0665. The van der Waals surface area contributed by atoms with Gasteiger partial charge >= 0.3 is 5.82 Å². The van der Waals surface area contributed by atoms with Crippen molar-refractivity contribution in [1.82, 2.24) is 14.4 Å². The maximum absolute atomic E-state index is 12.6. The Bertz CT molecular complexity index is 540. The van der Waals surface area contributed by atoms with E-state index in [-0.39, 0.29) is 23.8 Å². The van der Waals surface area contributed by atoms with E-state index in [9.17, 15) is 14.9 Å². The van der Waals surface area contributed by atoms with Gasteiger partial charge < -0.3 is 15.0 Å². The van der Waals surface area contributed by atoms with Crippen molar-refractivity contribution in [3.63, 3.8) is 0 Å². The number of aromatic nitrogens is 1. The monoisotopic (exact) mass is 280 g/mol. The zero-order chi connectivity index (χ0) is 15.0. The molecular formula is C13H20N4O3. The Morgan fingerprint density at radius 3 is 2.45 bits per heavy atom. The first-order chi connectivity index (χ1) is 9.32. The summed E-state index contributed by atoms with van der Waals surface area (Å²) in [5, 5.41) is 10.8. The molecular weight excluding hydrogens is 260 g/mol. The van der Waals surface area contributed by atoms with Crippen LogP contribution in [0.4, 0.5) is 5.82 Å². The summed E-state index contributed by atoms with van der Waals surface area (Å²) in [6, 6.07) is 3.27. The van der Waals surface area contributed by atoms with E-state index >= 15 is 0 Å². The van der Waals surface area contributed by atoms with Gasteiger partial charge in [0.25, 0.3) is 5.91 Å². The van der Waals surface area contributed by atoms with Crippen molar-refractivity contribution in [3.8, 4) is 0 Å². The van der Waals surface area contributed by atoms with Gasteiger partial charge in [0.2, 0.25) is 0 Å². The first-order valence-electron chi connectivity index (χ1n) is 6.64. The maximum atomic E-state index is 12.6. The molecule has 7 nitrogen and oxygen atoms in total. The summed E-state index contributed by atoms with van der Waals surface area (Å²) in [4.78, 5) is 27.0. The molecule has 0 bridgehead atoms. The largest absolute Gasteiger partial charge is 0.358 e. The molecule has 1 fully saturated rings. The van der Waals surface area contributed by atoms with E-state index in [0.29, 0.717) is 12.2 Å². The molecule has 20 heavy (non-hydrogen) atoms. The summed E-state index contributed by atoms with van der Waals surface area (Å²) >= 11 is 0. The third-order valence-corrected chi connectivity index (χ3v) is 4.06. The number of piperazine rings is 1. The van der Waals surface area contributed by atoms with Gasteiger partial charge in [0.05, 0.1) is 7.05 Å². The SMILES string of the molecule is CC1CN(C(=O)c2ccc([N+](=O)[O-])n2C)C(C)CN1C. The maximum Gasteiger partial charge on any atom is 0.323 e. The molecule has 0 radical (unpaired) electrons. The summed E-state index contributed by atoms with van der Waals surface area (Å²) in [7, 11) is 3.59. The lowest BCUT2D eigenvalue weighted by Crippen LogP contribution is -2.56. The lowest BCUT2D eigenvalue weighted by atomic mass is 10.1. The van der Waals surface area contributed by atoms with E-state index in [0.717, 1.165) is 6.54 Å². The Labute approximate surface area is 117 Å². The van der Waals surface area contributed by atoms with Gasteiger partial charge in [-0.2, -0.15) is 0 Å². The van der Waals surface area contributed by atoms with Crippen molar-refractivity contribution in [1.29, 1.82) is 0 Å². The summed E-state index contributed by atoms with van der Waals surface area (Å²) in [5.41, 5.74) is 0.361. The third kappa shape index (κ3) is 2.40. The van der Waals surface area contributed by atoms with Crippen LogP contribution in [0.15, 0.2) is 12.1 Å². The van der Waals surface area contributed by atoms with Crippen LogP contribution in [0.25, 0.3) is 0 Å². The van der Waals surface area contributed by atoms with Crippen molar-refractivity contribution in [2.24, 2.45) is 7.05 Å². The summed E-state index contributed by atoms with van der Waals surface area (Å²) in [5.74, 6) is -0.212. The van der Waals surface area contributed by atoms with Crippen LogP contribution in [-0.2, 0) is 7.05 Å². The predicted molar refractivity (Wildman–Crippen MR) is 74.7 cm³/mol. The van der Waals surface area contributed by atoms with E-state index in [1.165, 1.54) is 16.7 Å². The average Bonchev–Trinajstić information content (AvgIpc) is 2.75. The molecule has 1 aliphatic heterocycles. The molecule has 2 rings (SSSR count). The van der Waals surface area contributed by atoms with Crippen molar-refractivity contribution in [3.05, 3.63) is 27.9 Å². The second kappa shape index (κ2) is 5.24. The predicted octanol–water partition coefficient (Wildman–Crippen LogP) is 1.10. The van der Waals surface area contributed by atoms with Crippen LogP contribution in [0.5, 0.6) is 0 Å². The van der Waals surface area contributed by atoms with Gasteiger partial charge in [0.1, 0.15) is 0 Å². The molecule has 0 spiro atoms. The van der Waals surface area contributed by atoms with Crippen LogP contribution in [-0.4, -0.2) is 57.4 Å². The van der Waals surface area contributed by atoms with Gasteiger partial charge in [-0.05, 0) is 31.9 Å². The number of carbonyl (C=O) groups is 1. The highest BCUT2D eigenvalue weighted by molar-refractivity contribution is 5.93. The van der Waals surface area contributed by atoms with E-state index in [2.05, 4.69) is 11.8 Å². The number of carbonyl (C=O) groups excluding carboxylic acids is 1. The van der Waals surface area contributed by atoms with Crippen LogP contribution < -0.4 is 0 Å². The zero-order valence-corrected chi connectivity index (χ0v) is 12.2. The molecule has 2 atom stereocenters. The van der Waals surface area contributed by atoms with E-state index in [1.54, 1.807) is 11.9 Å². The number of nitrogens with zero attached hydrogens (tertiary/aromatic N) is 4. The quantitative estimate of drug-likeness (QED) is 0.600. The summed E-state index contributed by atoms with van der Waals surface area (Å²) in [6.07, 6.45) is 0. The van der Waals surface area contributed by atoms with Gasteiger partial charge in [-0.15, -0.1) is 0 Å². The normalized spacial score (nSPS) is 23.9. The Morgan fingerprint density at radius 1 is 1.25 bits per heavy atom. The second-order valence-electron chi connectivity index (χ2n) is 5.49. The van der Waals surface area contributed by atoms with Gasteiger partial charge in [-0.1, -0.05) is 0 Å². The molecule has 1 saturated heterocycles. The number of hydrogen-bond donors (Lipinski definition) is 0. The van der Waals surface area contributed by atoms with Crippen LogP contribution in [0.3, 0.4) is 0 Å². The van der Waals surface area contributed by atoms with Crippen LogP contribution in [0.1, 0.15) is 24.3 Å². The average molecular weight is 280 g/mol. The van der Waals surface area contributed by atoms with Crippen molar-refractivity contribution < 1.29 is 9.72 Å². The molecule has 2 heterocycles. The molecule has 0 aliphatic carbocycles. The molecule has 0 N–H and O–H groups in total. The minimum Gasteiger partial charge on any atom is -0.358 e. The first-order valence-corrected chi connectivity index (χ1v) is 6.64. The molecule has 1 aromatic heterocycles. The highest BCUT2D eigenvalue weighted by Crippen LogP contribution is 2.20. The second-order valence-corrected chi connectivity index (χ2v) is 5.49. The number of hydrogen-bond acceptors (Lipinski definition) is 4. The van der Waals surface area contributed by atoms with Crippen LogP contribution in [0.2, 0.25) is 0 Å². The van der Waals surface area contributed by atoms with Crippen LogP contribution in [0, 0.1) is 10.1 Å². The highest BCUT2D eigenvalue weighted by Gasteiger charge is 2.33. The third-order valence-electron chi connectivity index (χ3n) is 4.06. The first kappa shape index (κ1) is 14.5. The smallest absolute Gasteiger partial charge is 0.323 e. The van der Waals surface area contributed by atoms with E-state index in [1.807, 2.05) is 14.0 Å². The fraction of sp³-hybridized carbons (Fsp3) is 0.615. The van der Waals surface area contributed by atoms with Gasteiger partial charge in [-0.3, -0.25) is 9.69 Å². The highest BCUT2D eigenvalue weighted by atomic mass is 16.6. The number of likely N-dealkylation sites (N-methyl/N-ethyl adjacent to an activating group) is 1. The van der Waals surface area contributed by atoms with Crippen molar-refractivity contribution >= 4 is 11.7 Å². The zero-order valence-electron chi connectivity index (χ0n) is 12.2. The standard InChI is InChI=1S/C13H20N4O3/c1-9-8-16(10(2)7-14(9)3)13(18)11-5-6-12(15(11)4)17(19)20/h5-6,9-10H,7-8H2,1-4H3. The summed E-state index contributed by atoms with van der Waals surface area (Å²) in [6.45, 7) is 5.51. The van der Waals surface area contributed by atoms with Crippen LogP contribution >= 0.6 is 0 Å².